The number of hydrogen-bond donors (Lipinski definition) is 2. The van der Waals surface area contributed by atoms with Crippen molar-refractivity contribution in [2.24, 2.45) is 0 Å². The maximum atomic E-state index is 8.36. The first-order valence-corrected chi connectivity index (χ1v) is 3.79. The second-order valence-corrected chi connectivity index (χ2v) is 2.23. The highest BCUT2D eigenvalue weighted by Crippen LogP contribution is 2.02. The summed E-state index contributed by atoms with van der Waals surface area (Å²) < 4.78 is 0. The number of aliphatic hydroxyl groups excluding tert-OH is 1. The van der Waals surface area contributed by atoms with Crippen LogP contribution in [0.5, 0.6) is 0 Å². The lowest BCUT2D eigenvalue weighted by atomic mass is 10.3. The van der Waals surface area contributed by atoms with Crippen LogP contribution >= 0.6 is 0 Å². The molecule has 0 saturated carbocycles. The summed E-state index contributed by atoms with van der Waals surface area (Å²) in [4.78, 5) is 0. The Morgan fingerprint density at radius 3 is 2.58 bits per heavy atom. The number of nitrogens with one attached hydrogen (secondary N) is 1. The lowest BCUT2D eigenvalue weighted by Gasteiger charge is -1.99. The Morgan fingerprint density at radius 1 is 1.17 bits per heavy atom. The average Bonchev–Trinajstić information content (AvgIpc) is 2.14. The second kappa shape index (κ2) is 5.22. The molecule has 1 aromatic rings. The molecule has 0 bridgehead atoms. The predicted octanol–water partition coefficient (Wildman–Crippen LogP) is 1.09. The minimum absolute atomic E-state index is 0.0729. The molecule has 0 aromatic heterocycles. The Kier molecular flexibility index (Phi) is 3.76. The maximum absolute atomic E-state index is 8.36. The summed E-state index contributed by atoms with van der Waals surface area (Å²) in [6.07, 6.45) is 0. The van der Waals surface area contributed by atoms with Gasteiger partial charge in [0.2, 0.25) is 0 Å². The Bertz CT molecular complexity index is 271. The second-order valence-electron chi connectivity index (χ2n) is 2.23. The Hall–Kier alpha value is -1.46. The molecule has 0 aliphatic carbocycles. The van der Waals surface area contributed by atoms with E-state index in [4.69, 9.17) is 5.11 Å². The van der Waals surface area contributed by atoms with Crippen molar-refractivity contribution in [1.29, 1.82) is 0 Å². The predicted molar refractivity (Wildman–Crippen MR) is 49.8 cm³/mol. The summed E-state index contributed by atoms with van der Waals surface area (Å²) in [6, 6.07) is 9.83. The minimum atomic E-state index is -0.0729. The first kappa shape index (κ1) is 8.63. The van der Waals surface area contributed by atoms with Gasteiger partial charge in [-0.3, -0.25) is 0 Å². The Balaban J connectivity index is 2.34. The summed E-state index contributed by atoms with van der Waals surface area (Å²) >= 11 is 0. The lowest BCUT2D eigenvalue weighted by molar-refractivity contribution is 0.350. The van der Waals surface area contributed by atoms with E-state index in [-0.39, 0.29) is 6.61 Å². The molecule has 0 radical (unpaired) electrons. The third-order valence-corrected chi connectivity index (χ3v) is 1.36. The van der Waals surface area contributed by atoms with Gasteiger partial charge in [0.25, 0.3) is 0 Å². The molecule has 0 saturated heterocycles. The number of para-hydroxylation sites is 1. The van der Waals surface area contributed by atoms with Crippen LogP contribution in [0.15, 0.2) is 30.3 Å². The zero-order valence-corrected chi connectivity index (χ0v) is 6.75. The van der Waals surface area contributed by atoms with Gasteiger partial charge in [-0.05, 0) is 12.1 Å². The van der Waals surface area contributed by atoms with Gasteiger partial charge in [0.15, 0.2) is 0 Å². The minimum Gasteiger partial charge on any atom is -0.384 e. The molecular formula is C10H11NO. The van der Waals surface area contributed by atoms with Crippen molar-refractivity contribution in [2.75, 3.05) is 18.5 Å². The van der Waals surface area contributed by atoms with Crippen molar-refractivity contribution in [3.05, 3.63) is 30.3 Å². The van der Waals surface area contributed by atoms with Crippen molar-refractivity contribution in [1.82, 2.24) is 0 Å². The van der Waals surface area contributed by atoms with Crippen LogP contribution in [0.3, 0.4) is 0 Å². The molecule has 62 valence electrons. The van der Waals surface area contributed by atoms with E-state index < -0.39 is 0 Å². The van der Waals surface area contributed by atoms with Crippen LogP contribution in [0.2, 0.25) is 0 Å². The van der Waals surface area contributed by atoms with Gasteiger partial charge in [-0.2, -0.15) is 0 Å². The molecule has 0 aliphatic rings. The van der Waals surface area contributed by atoms with Gasteiger partial charge in [-0.15, -0.1) is 0 Å². The number of rotatable bonds is 2. The smallest absolute Gasteiger partial charge is 0.104 e. The van der Waals surface area contributed by atoms with E-state index in [0.717, 1.165) is 5.69 Å². The van der Waals surface area contributed by atoms with Crippen LogP contribution in [0.25, 0.3) is 0 Å². The summed E-state index contributed by atoms with van der Waals surface area (Å²) in [5, 5.41) is 11.5. The summed E-state index contributed by atoms with van der Waals surface area (Å²) in [6.45, 7) is 0.501. The molecule has 2 nitrogen and oxygen atoms in total. The number of hydrogen-bond acceptors (Lipinski definition) is 2. The van der Waals surface area contributed by atoms with Gasteiger partial charge >= 0.3 is 0 Å². The molecule has 2 N–H and O–H groups in total. The van der Waals surface area contributed by atoms with Gasteiger partial charge in [0, 0.05) is 5.69 Å². The fourth-order valence-electron chi connectivity index (χ4n) is 0.821. The molecule has 0 amide bonds. The third-order valence-electron chi connectivity index (χ3n) is 1.36. The maximum Gasteiger partial charge on any atom is 0.104 e. The lowest BCUT2D eigenvalue weighted by Crippen LogP contribution is -1.97. The van der Waals surface area contributed by atoms with Crippen LogP contribution in [0.1, 0.15) is 0 Å². The van der Waals surface area contributed by atoms with E-state index in [1.165, 1.54) is 0 Å². The van der Waals surface area contributed by atoms with E-state index in [9.17, 15) is 0 Å². The molecule has 0 atom stereocenters. The van der Waals surface area contributed by atoms with Gasteiger partial charge < -0.3 is 10.4 Å². The molecule has 0 fully saturated rings. The first-order chi connectivity index (χ1) is 5.93. The first-order valence-electron chi connectivity index (χ1n) is 3.79. The Labute approximate surface area is 72.2 Å². The van der Waals surface area contributed by atoms with Crippen molar-refractivity contribution in [2.45, 2.75) is 0 Å². The Morgan fingerprint density at radius 2 is 1.92 bits per heavy atom. The van der Waals surface area contributed by atoms with Crippen LogP contribution in [0, 0.1) is 11.8 Å². The van der Waals surface area contributed by atoms with Crippen LogP contribution in [-0.2, 0) is 0 Å². The van der Waals surface area contributed by atoms with E-state index in [0.29, 0.717) is 6.54 Å². The zero-order valence-electron chi connectivity index (χ0n) is 6.75. The highest BCUT2D eigenvalue weighted by Gasteiger charge is 1.83. The van der Waals surface area contributed by atoms with E-state index in [2.05, 4.69) is 17.2 Å². The van der Waals surface area contributed by atoms with E-state index in [1.807, 2.05) is 30.3 Å². The number of aliphatic hydroxyl groups is 1. The fraction of sp³-hybridized carbons (Fsp3) is 0.200. The van der Waals surface area contributed by atoms with Gasteiger partial charge in [0.1, 0.15) is 6.61 Å². The quantitative estimate of drug-likeness (QED) is 0.636. The fourth-order valence-corrected chi connectivity index (χ4v) is 0.821. The van der Waals surface area contributed by atoms with Crippen molar-refractivity contribution >= 4 is 5.69 Å². The van der Waals surface area contributed by atoms with Gasteiger partial charge in [0.05, 0.1) is 6.54 Å². The van der Waals surface area contributed by atoms with Crippen molar-refractivity contribution < 1.29 is 5.11 Å². The molecule has 1 rings (SSSR count). The van der Waals surface area contributed by atoms with Gasteiger partial charge in [-0.1, -0.05) is 30.0 Å². The normalized spacial score (nSPS) is 8.42. The SMILES string of the molecule is OCC#CCNc1ccccc1. The largest absolute Gasteiger partial charge is 0.384 e. The molecule has 2 heteroatoms. The third kappa shape index (κ3) is 3.09. The van der Waals surface area contributed by atoms with Crippen molar-refractivity contribution in [3.63, 3.8) is 0 Å². The van der Waals surface area contributed by atoms with E-state index in [1.54, 1.807) is 0 Å². The van der Waals surface area contributed by atoms with Crippen LogP contribution in [-0.4, -0.2) is 18.3 Å². The van der Waals surface area contributed by atoms with Crippen LogP contribution in [0.4, 0.5) is 5.69 Å². The van der Waals surface area contributed by atoms with Crippen LogP contribution < -0.4 is 5.32 Å². The highest BCUT2D eigenvalue weighted by molar-refractivity contribution is 5.43. The summed E-state index contributed by atoms with van der Waals surface area (Å²) in [5.41, 5.74) is 1.05. The molecule has 0 aliphatic heterocycles. The highest BCUT2D eigenvalue weighted by atomic mass is 16.2. The summed E-state index contributed by atoms with van der Waals surface area (Å²) in [7, 11) is 0. The monoisotopic (exact) mass is 161 g/mol. The zero-order chi connectivity index (χ0) is 8.65. The van der Waals surface area contributed by atoms with E-state index >= 15 is 0 Å². The molecule has 0 spiro atoms. The summed E-state index contributed by atoms with van der Waals surface area (Å²) in [5.74, 6) is 5.33. The molecule has 12 heavy (non-hydrogen) atoms. The number of anilines is 1. The molecular weight excluding hydrogens is 150 g/mol. The molecule has 0 heterocycles. The molecule has 0 unspecified atom stereocenters. The van der Waals surface area contributed by atoms with Gasteiger partial charge in [-0.25, -0.2) is 0 Å². The number of benzene rings is 1. The van der Waals surface area contributed by atoms with Crippen molar-refractivity contribution in [3.8, 4) is 11.8 Å². The standard InChI is InChI=1S/C10H11NO/c12-9-5-4-8-11-10-6-2-1-3-7-10/h1-3,6-7,11-12H,8-9H2. The topological polar surface area (TPSA) is 32.3 Å². The average molecular weight is 161 g/mol. The molecule has 1 aromatic carbocycles.